The number of ether oxygens (including phenoxy) is 1. The summed E-state index contributed by atoms with van der Waals surface area (Å²) in [5.74, 6) is -0.545. The molecule has 4 heteroatoms. The van der Waals surface area contributed by atoms with Crippen molar-refractivity contribution in [3.8, 4) is 5.75 Å². The fourth-order valence-electron chi connectivity index (χ4n) is 1.66. The van der Waals surface area contributed by atoms with Gasteiger partial charge in [-0.25, -0.2) is 0 Å². The number of amides is 1. The maximum Gasteiger partial charge on any atom is 0.291 e. The van der Waals surface area contributed by atoms with E-state index in [9.17, 15) is 9.59 Å². The topological polar surface area (TPSA) is 55.4 Å². The van der Waals surface area contributed by atoms with Gasteiger partial charge in [0.2, 0.25) is 5.78 Å². The number of nitrogens with one attached hydrogen (secondary N) is 1. The Kier molecular flexibility index (Phi) is 3.89. The van der Waals surface area contributed by atoms with Crippen LogP contribution in [0.4, 0.5) is 5.69 Å². The smallest absolute Gasteiger partial charge is 0.291 e. The van der Waals surface area contributed by atoms with Crippen molar-refractivity contribution in [2.45, 2.75) is 27.7 Å². The quantitative estimate of drug-likeness (QED) is 0.817. The lowest BCUT2D eigenvalue weighted by Crippen LogP contribution is -2.21. The number of carbonyl (C=O) groups excluding carboxylic acids is 2. The second-order valence-electron chi connectivity index (χ2n) is 4.05. The molecule has 0 aliphatic carbocycles. The van der Waals surface area contributed by atoms with Gasteiger partial charge >= 0.3 is 0 Å². The monoisotopic (exact) mass is 235 g/mol. The molecule has 0 aliphatic heterocycles. The van der Waals surface area contributed by atoms with Gasteiger partial charge in [0.1, 0.15) is 5.75 Å². The number of hydrogen-bond donors (Lipinski definition) is 1. The van der Waals surface area contributed by atoms with E-state index < -0.39 is 11.7 Å². The summed E-state index contributed by atoms with van der Waals surface area (Å²) >= 11 is 0. The van der Waals surface area contributed by atoms with Gasteiger partial charge < -0.3 is 10.1 Å². The maximum atomic E-state index is 11.4. The largest absolute Gasteiger partial charge is 0.494 e. The normalized spacial score (nSPS) is 9.94. The number of benzene rings is 1. The van der Waals surface area contributed by atoms with E-state index in [1.807, 2.05) is 26.8 Å². The van der Waals surface area contributed by atoms with Gasteiger partial charge in [0.15, 0.2) is 0 Å². The minimum Gasteiger partial charge on any atom is -0.494 e. The minimum absolute atomic E-state index is 0.523. The Morgan fingerprint density at radius 1 is 1.18 bits per heavy atom. The molecule has 1 N–H and O–H groups in total. The highest BCUT2D eigenvalue weighted by Crippen LogP contribution is 2.34. The van der Waals surface area contributed by atoms with Crippen molar-refractivity contribution in [2.24, 2.45) is 0 Å². The number of methoxy groups -OCH3 is 1. The highest BCUT2D eigenvalue weighted by molar-refractivity contribution is 6.40. The summed E-state index contributed by atoms with van der Waals surface area (Å²) in [4.78, 5) is 22.4. The molecule has 1 rings (SSSR count). The summed E-state index contributed by atoms with van der Waals surface area (Å²) in [5.41, 5.74) is 3.48. The van der Waals surface area contributed by atoms with Crippen LogP contribution in [0.1, 0.15) is 23.6 Å². The Bertz CT molecular complexity index is 478. The van der Waals surface area contributed by atoms with Gasteiger partial charge in [0.05, 0.1) is 12.8 Å². The van der Waals surface area contributed by atoms with E-state index in [0.717, 1.165) is 16.7 Å². The van der Waals surface area contributed by atoms with Crippen molar-refractivity contribution in [1.29, 1.82) is 0 Å². The Morgan fingerprint density at radius 3 is 2.24 bits per heavy atom. The summed E-state index contributed by atoms with van der Waals surface area (Å²) < 4.78 is 5.29. The number of anilines is 1. The Hall–Kier alpha value is -1.84. The molecule has 1 amide bonds. The molecule has 1 aromatic rings. The summed E-state index contributed by atoms with van der Waals surface area (Å²) in [6.45, 7) is 6.99. The molecule has 92 valence electrons. The lowest BCUT2D eigenvalue weighted by atomic mass is 10.0. The average Bonchev–Trinajstić information content (AvgIpc) is 2.26. The first-order chi connectivity index (χ1) is 7.88. The molecule has 0 radical (unpaired) electrons. The van der Waals surface area contributed by atoms with Crippen molar-refractivity contribution in [1.82, 2.24) is 0 Å². The molecular formula is C13H17NO3. The Morgan fingerprint density at radius 2 is 1.76 bits per heavy atom. The van der Waals surface area contributed by atoms with E-state index in [0.29, 0.717) is 11.4 Å². The molecule has 0 aliphatic rings. The first-order valence-electron chi connectivity index (χ1n) is 5.35. The molecule has 0 saturated carbocycles. The zero-order valence-electron chi connectivity index (χ0n) is 10.8. The molecule has 0 spiro atoms. The molecule has 0 heterocycles. The third-order valence-electron chi connectivity index (χ3n) is 2.75. The fourth-order valence-corrected chi connectivity index (χ4v) is 1.66. The predicted molar refractivity (Wildman–Crippen MR) is 66.5 cm³/mol. The third-order valence-corrected chi connectivity index (χ3v) is 2.75. The highest BCUT2D eigenvalue weighted by atomic mass is 16.5. The number of Topliss-reactive ketones (excluding diaryl/α,β-unsaturated/α-hetero) is 1. The zero-order valence-corrected chi connectivity index (χ0v) is 10.8. The molecular weight excluding hydrogens is 218 g/mol. The maximum absolute atomic E-state index is 11.4. The summed E-state index contributed by atoms with van der Waals surface area (Å²) in [5, 5.41) is 2.58. The fraction of sp³-hybridized carbons (Fsp3) is 0.385. The highest BCUT2D eigenvalue weighted by Gasteiger charge is 2.16. The lowest BCUT2D eigenvalue weighted by molar-refractivity contribution is -0.133. The number of ketones is 1. The van der Waals surface area contributed by atoms with Gasteiger partial charge in [-0.2, -0.15) is 0 Å². The van der Waals surface area contributed by atoms with Crippen LogP contribution < -0.4 is 10.1 Å². The van der Waals surface area contributed by atoms with Crippen LogP contribution in [0, 0.1) is 20.8 Å². The van der Waals surface area contributed by atoms with Crippen molar-refractivity contribution >= 4 is 17.4 Å². The van der Waals surface area contributed by atoms with E-state index in [1.165, 1.54) is 6.92 Å². The van der Waals surface area contributed by atoms with E-state index in [-0.39, 0.29) is 0 Å². The zero-order chi connectivity index (χ0) is 13.2. The number of carbonyl (C=O) groups is 2. The molecule has 17 heavy (non-hydrogen) atoms. The van der Waals surface area contributed by atoms with Gasteiger partial charge in [-0.3, -0.25) is 9.59 Å². The van der Waals surface area contributed by atoms with Crippen LogP contribution in [0.2, 0.25) is 0 Å². The van der Waals surface area contributed by atoms with Crippen molar-refractivity contribution in [3.05, 3.63) is 22.8 Å². The molecule has 0 aromatic heterocycles. The molecule has 0 unspecified atom stereocenters. The van der Waals surface area contributed by atoms with Gasteiger partial charge in [0, 0.05) is 6.92 Å². The summed E-state index contributed by atoms with van der Waals surface area (Å²) in [6, 6.07) is 1.95. The van der Waals surface area contributed by atoms with Crippen LogP contribution in [0.5, 0.6) is 5.75 Å². The first-order valence-corrected chi connectivity index (χ1v) is 5.35. The SMILES string of the molecule is COc1c(C)c(C)cc(C)c1NC(=O)C(C)=O. The van der Waals surface area contributed by atoms with E-state index in [1.54, 1.807) is 7.11 Å². The van der Waals surface area contributed by atoms with Crippen molar-refractivity contribution < 1.29 is 14.3 Å². The van der Waals surface area contributed by atoms with Crippen molar-refractivity contribution in [3.63, 3.8) is 0 Å². The second-order valence-corrected chi connectivity index (χ2v) is 4.05. The second kappa shape index (κ2) is 4.99. The third kappa shape index (κ3) is 2.64. The van der Waals surface area contributed by atoms with E-state index in [4.69, 9.17) is 4.74 Å². The number of aryl methyl sites for hydroxylation is 2. The lowest BCUT2D eigenvalue weighted by Gasteiger charge is -2.16. The molecule has 0 saturated heterocycles. The van der Waals surface area contributed by atoms with Crippen LogP contribution in [-0.2, 0) is 9.59 Å². The van der Waals surface area contributed by atoms with Crippen molar-refractivity contribution in [2.75, 3.05) is 12.4 Å². The first kappa shape index (κ1) is 13.2. The van der Waals surface area contributed by atoms with E-state index in [2.05, 4.69) is 5.32 Å². The van der Waals surface area contributed by atoms with E-state index >= 15 is 0 Å². The average molecular weight is 235 g/mol. The van der Waals surface area contributed by atoms with Crippen LogP contribution >= 0.6 is 0 Å². The van der Waals surface area contributed by atoms with Gasteiger partial charge in [-0.05, 0) is 37.5 Å². The standard InChI is InChI=1S/C13H17NO3/c1-7-6-8(2)11(12(17-5)9(7)3)14-13(16)10(4)15/h6H,1-5H3,(H,14,16). The predicted octanol–water partition coefficient (Wildman–Crippen LogP) is 2.15. The number of rotatable bonds is 3. The molecule has 0 atom stereocenters. The molecule has 0 fully saturated rings. The van der Waals surface area contributed by atoms with Crippen LogP contribution in [0.25, 0.3) is 0 Å². The number of hydrogen-bond acceptors (Lipinski definition) is 3. The summed E-state index contributed by atoms with van der Waals surface area (Å²) in [6.07, 6.45) is 0. The van der Waals surface area contributed by atoms with Gasteiger partial charge in [-0.15, -0.1) is 0 Å². The Balaban J connectivity index is 3.27. The minimum atomic E-state index is -0.630. The van der Waals surface area contributed by atoms with Gasteiger partial charge in [0.25, 0.3) is 5.91 Å². The molecule has 0 bridgehead atoms. The van der Waals surface area contributed by atoms with Crippen LogP contribution in [0.3, 0.4) is 0 Å². The Labute approximate surface area is 101 Å². The van der Waals surface area contributed by atoms with Crippen LogP contribution in [0.15, 0.2) is 6.07 Å². The molecule has 4 nitrogen and oxygen atoms in total. The van der Waals surface area contributed by atoms with Crippen LogP contribution in [-0.4, -0.2) is 18.8 Å². The molecule has 1 aromatic carbocycles. The van der Waals surface area contributed by atoms with Gasteiger partial charge in [-0.1, -0.05) is 6.07 Å². The summed E-state index contributed by atoms with van der Waals surface area (Å²) in [7, 11) is 1.55.